The lowest BCUT2D eigenvalue weighted by molar-refractivity contribution is -0.128. The Labute approximate surface area is 130 Å². The van der Waals surface area contributed by atoms with Crippen molar-refractivity contribution in [3.63, 3.8) is 0 Å². The van der Waals surface area contributed by atoms with Crippen LogP contribution in [-0.2, 0) is 18.4 Å². The first-order chi connectivity index (χ1) is 10.5. The number of rotatable bonds is 6. The molecule has 1 saturated carbocycles. The monoisotopic (exact) mass is 301 g/mol. The molecule has 0 aliphatic heterocycles. The number of amides is 1. The molecule has 1 aliphatic rings. The molecule has 1 N–H and O–H groups in total. The molecule has 2 aromatic rings. The fourth-order valence-electron chi connectivity index (χ4n) is 2.81. The Kier molecular flexibility index (Phi) is 3.76. The number of aromatic nitrogens is 4. The molecule has 0 spiro atoms. The van der Waals surface area contributed by atoms with E-state index in [2.05, 4.69) is 29.2 Å². The Morgan fingerprint density at radius 2 is 2.14 bits per heavy atom. The molecule has 0 bridgehead atoms. The first-order valence-corrected chi connectivity index (χ1v) is 7.77. The van der Waals surface area contributed by atoms with Gasteiger partial charge in [0.1, 0.15) is 5.82 Å². The van der Waals surface area contributed by atoms with E-state index in [4.69, 9.17) is 0 Å². The Morgan fingerprint density at radius 3 is 2.64 bits per heavy atom. The molecule has 1 amide bonds. The quantitative estimate of drug-likeness (QED) is 0.886. The van der Waals surface area contributed by atoms with E-state index in [1.807, 2.05) is 34.8 Å². The minimum atomic E-state index is -0.301. The van der Waals surface area contributed by atoms with Gasteiger partial charge in [-0.3, -0.25) is 9.48 Å². The van der Waals surface area contributed by atoms with Crippen molar-refractivity contribution in [3.05, 3.63) is 36.7 Å². The van der Waals surface area contributed by atoms with Crippen molar-refractivity contribution in [3.8, 4) is 0 Å². The zero-order valence-corrected chi connectivity index (χ0v) is 13.4. The average Bonchev–Trinajstić information content (AvgIpc) is 2.87. The lowest BCUT2D eigenvalue weighted by atomic mass is 10.0. The van der Waals surface area contributed by atoms with Crippen LogP contribution in [0, 0.1) is 11.3 Å². The molecule has 1 atom stereocenters. The van der Waals surface area contributed by atoms with Crippen LogP contribution in [0.15, 0.2) is 30.9 Å². The SMILES string of the molecule is CC(C)[C@H](NC(=O)C1(Cn2cccn2)CC1)c1nccn1C. The van der Waals surface area contributed by atoms with Crippen LogP contribution in [0.4, 0.5) is 0 Å². The highest BCUT2D eigenvalue weighted by Gasteiger charge is 2.51. The van der Waals surface area contributed by atoms with Gasteiger partial charge in [0.05, 0.1) is 18.0 Å². The molecular formula is C16H23N5O. The second kappa shape index (κ2) is 5.59. The van der Waals surface area contributed by atoms with Crippen LogP contribution >= 0.6 is 0 Å². The smallest absolute Gasteiger partial charge is 0.228 e. The molecule has 6 nitrogen and oxygen atoms in total. The van der Waals surface area contributed by atoms with E-state index in [9.17, 15) is 4.79 Å². The molecule has 0 radical (unpaired) electrons. The van der Waals surface area contributed by atoms with Gasteiger partial charge in [-0.1, -0.05) is 13.8 Å². The molecule has 6 heteroatoms. The van der Waals surface area contributed by atoms with Gasteiger partial charge in [-0.05, 0) is 24.8 Å². The number of nitrogens with zero attached hydrogens (tertiary/aromatic N) is 4. The summed E-state index contributed by atoms with van der Waals surface area (Å²) < 4.78 is 3.82. The van der Waals surface area contributed by atoms with E-state index >= 15 is 0 Å². The Balaban J connectivity index is 1.73. The zero-order chi connectivity index (χ0) is 15.7. The molecule has 1 fully saturated rings. The Morgan fingerprint density at radius 1 is 1.36 bits per heavy atom. The standard InChI is InChI=1S/C16H23N5O/c1-12(2)13(14-17-8-10-20(14)3)19-15(22)16(5-6-16)11-21-9-4-7-18-21/h4,7-10,12-13H,5-6,11H2,1-3H3,(H,19,22)/t13-/m0/s1. The number of hydrogen-bond donors (Lipinski definition) is 1. The van der Waals surface area contributed by atoms with Gasteiger partial charge in [-0.2, -0.15) is 5.10 Å². The number of imidazole rings is 1. The minimum absolute atomic E-state index is 0.0670. The van der Waals surface area contributed by atoms with Crippen molar-refractivity contribution >= 4 is 5.91 Å². The van der Waals surface area contributed by atoms with Gasteiger partial charge in [0.2, 0.25) is 5.91 Å². The summed E-state index contributed by atoms with van der Waals surface area (Å²) in [7, 11) is 1.96. The van der Waals surface area contributed by atoms with Crippen LogP contribution in [0.2, 0.25) is 0 Å². The number of aryl methyl sites for hydroxylation is 1. The van der Waals surface area contributed by atoms with E-state index in [0.29, 0.717) is 6.54 Å². The molecule has 22 heavy (non-hydrogen) atoms. The lowest BCUT2D eigenvalue weighted by Crippen LogP contribution is -2.40. The maximum absolute atomic E-state index is 12.8. The van der Waals surface area contributed by atoms with E-state index in [1.165, 1.54) is 0 Å². The van der Waals surface area contributed by atoms with Crippen molar-refractivity contribution < 1.29 is 4.79 Å². The third-order valence-corrected chi connectivity index (χ3v) is 4.45. The molecule has 2 heterocycles. The lowest BCUT2D eigenvalue weighted by Gasteiger charge is -2.25. The van der Waals surface area contributed by atoms with E-state index in [-0.39, 0.29) is 23.3 Å². The van der Waals surface area contributed by atoms with Gasteiger partial charge in [0, 0.05) is 31.8 Å². The predicted molar refractivity (Wildman–Crippen MR) is 82.8 cm³/mol. The molecule has 1 aliphatic carbocycles. The van der Waals surface area contributed by atoms with Crippen LogP contribution in [-0.4, -0.2) is 25.2 Å². The first kappa shape index (κ1) is 14.8. The van der Waals surface area contributed by atoms with Crippen LogP contribution in [0.5, 0.6) is 0 Å². The van der Waals surface area contributed by atoms with Crippen molar-refractivity contribution in [2.75, 3.05) is 0 Å². The highest BCUT2D eigenvalue weighted by Crippen LogP contribution is 2.47. The summed E-state index contributed by atoms with van der Waals surface area (Å²) in [6.07, 6.45) is 9.18. The van der Waals surface area contributed by atoms with Crippen LogP contribution < -0.4 is 5.32 Å². The topological polar surface area (TPSA) is 64.7 Å². The largest absolute Gasteiger partial charge is 0.345 e. The van der Waals surface area contributed by atoms with Gasteiger partial charge < -0.3 is 9.88 Å². The second-order valence-electron chi connectivity index (χ2n) is 6.58. The zero-order valence-electron chi connectivity index (χ0n) is 13.4. The normalized spacial score (nSPS) is 17.5. The molecular weight excluding hydrogens is 278 g/mol. The van der Waals surface area contributed by atoms with Gasteiger partial charge in [-0.15, -0.1) is 0 Å². The highest BCUT2D eigenvalue weighted by molar-refractivity contribution is 5.85. The molecule has 0 saturated heterocycles. The van der Waals surface area contributed by atoms with E-state index < -0.39 is 0 Å². The summed E-state index contributed by atoms with van der Waals surface area (Å²) in [6, 6.07) is 1.82. The number of carbonyl (C=O) groups excluding carboxylic acids is 1. The fraction of sp³-hybridized carbons (Fsp3) is 0.562. The van der Waals surface area contributed by atoms with E-state index in [1.54, 1.807) is 12.4 Å². The fourth-order valence-corrected chi connectivity index (χ4v) is 2.81. The van der Waals surface area contributed by atoms with Gasteiger partial charge >= 0.3 is 0 Å². The van der Waals surface area contributed by atoms with Gasteiger partial charge in [0.15, 0.2) is 0 Å². The number of carbonyl (C=O) groups is 1. The van der Waals surface area contributed by atoms with Crippen LogP contribution in [0.25, 0.3) is 0 Å². The average molecular weight is 301 g/mol. The Bertz CT molecular complexity index is 639. The molecule has 118 valence electrons. The highest BCUT2D eigenvalue weighted by atomic mass is 16.2. The van der Waals surface area contributed by atoms with Crippen molar-refractivity contribution in [2.45, 2.75) is 39.3 Å². The summed E-state index contributed by atoms with van der Waals surface area (Å²) in [6.45, 7) is 4.86. The van der Waals surface area contributed by atoms with Gasteiger partial charge in [0.25, 0.3) is 0 Å². The van der Waals surface area contributed by atoms with Crippen molar-refractivity contribution in [2.24, 2.45) is 18.4 Å². The number of nitrogens with one attached hydrogen (secondary N) is 1. The maximum atomic E-state index is 12.8. The summed E-state index contributed by atoms with van der Waals surface area (Å²) >= 11 is 0. The summed E-state index contributed by atoms with van der Waals surface area (Å²) in [5.74, 6) is 1.30. The minimum Gasteiger partial charge on any atom is -0.345 e. The second-order valence-corrected chi connectivity index (χ2v) is 6.58. The third kappa shape index (κ3) is 2.77. The summed E-state index contributed by atoms with van der Waals surface area (Å²) in [5.41, 5.74) is -0.301. The molecule has 0 aromatic carbocycles. The summed E-state index contributed by atoms with van der Waals surface area (Å²) in [4.78, 5) is 17.2. The first-order valence-electron chi connectivity index (χ1n) is 7.77. The molecule has 2 aromatic heterocycles. The third-order valence-electron chi connectivity index (χ3n) is 4.45. The Hall–Kier alpha value is -2.11. The van der Waals surface area contributed by atoms with Crippen molar-refractivity contribution in [1.29, 1.82) is 0 Å². The van der Waals surface area contributed by atoms with Gasteiger partial charge in [-0.25, -0.2) is 4.98 Å². The van der Waals surface area contributed by atoms with Crippen LogP contribution in [0.1, 0.15) is 38.6 Å². The van der Waals surface area contributed by atoms with E-state index in [0.717, 1.165) is 18.7 Å². The molecule has 0 unspecified atom stereocenters. The maximum Gasteiger partial charge on any atom is 0.228 e. The summed E-state index contributed by atoms with van der Waals surface area (Å²) in [5, 5.41) is 7.43. The predicted octanol–water partition coefficient (Wildman–Crippen LogP) is 1.91. The number of hydrogen-bond acceptors (Lipinski definition) is 3. The molecule has 3 rings (SSSR count). The van der Waals surface area contributed by atoms with Crippen LogP contribution in [0.3, 0.4) is 0 Å². The van der Waals surface area contributed by atoms with Crippen molar-refractivity contribution in [1.82, 2.24) is 24.6 Å².